The number of fused-ring (bicyclic) bond motifs is 1. The van der Waals surface area contributed by atoms with E-state index in [0.717, 1.165) is 29.1 Å². The summed E-state index contributed by atoms with van der Waals surface area (Å²) in [6.07, 6.45) is 9.48. The van der Waals surface area contributed by atoms with Gasteiger partial charge in [0.1, 0.15) is 5.65 Å². The number of nitrogens with one attached hydrogen (secondary N) is 1. The summed E-state index contributed by atoms with van der Waals surface area (Å²) in [6, 6.07) is 3.71. The second-order valence-electron chi connectivity index (χ2n) is 9.56. The molecule has 0 spiro atoms. The van der Waals surface area contributed by atoms with Crippen LogP contribution in [0.25, 0.3) is 5.65 Å². The van der Waals surface area contributed by atoms with Crippen LogP contribution in [0.5, 0.6) is 0 Å². The number of aromatic nitrogens is 2. The number of aryl methyl sites for hydroxylation is 2. The Morgan fingerprint density at radius 1 is 1.27 bits per heavy atom. The summed E-state index contributed by atoms with van der Waals surface area (Å²) < 4.78 is 1.96. The Labute approximate surface area is 176 Å². The maximum absolute atomic E-state index is 13.1. The zero-order valence-electron chi connectivity index (χ0n) is 17.7. The minimum absolute atomic E-state index is 0.0230. The number of aliphatic hydroxyl groups excluding tert-OH is 1. The van der Waals surface area contributed by atoms with Crippen LogP contribution in [0.15, 0.2) is 18.3 Å². The van der Waals surface area contributed by atoms with Crippen molar-refractivity contribution in [3.63, 3.8) is 0 Å². The molecule has 3 N–H and O–H groups in total. The first kappa shape index (κ1) is 20.8. The second-order valence-corrected chi connectivity index (χ2v) is 9.56. The Kier molecular flexibility index (Phi) is 5.57. The van der Waals surface area contributed by atoms with Gasteiger partial charge in [-0.25, -0.2) is 4.98 Å². The van der Waals surface area contributed by atoms with Gasteiger partial charge in [-0.1, -0.05) is 0 Å². The first-order chi connectivity index (χ1) is 14.4. The molecule has 2 aromatic rings. The first-order valence-electron chi connectivity index (χ1n) is 10.8. The Morgan fingerprint density at radius 3 is 2.37 bits per heavy atom. The first-order valence-corrected chi connectivity index (χ1v) is 10.8. The lowest BCUT2D eigenvalue weighted by molar-refractivity contribution is -0.122. The highest BCUT2D eigenvalue weighted by molar-refractivity contribution is 6.00. The fourth-order valence-electron chi connectivity index (χ4n) is 6.80. The summed E-state index contributed by atoms with van der Waals surface area (Å²) in [5.74, 6) is 2.28. The van der Waals surface area contributed by atoms with Gasteiger partial charge in [0.15, 0.2) is 0 Å². The van der Waals surface area contributed by atoms with Crippen LogP contribution in [0.1, 0.15) is 60.3 Å². The van der Waals surface area contributed by atoms with Crippen molar-refractivity contribution < 1.29 is 19.8 Å². The van der Waals surface area contributed by atoms with Crippen molar-refractivity contribution in [3.05, 3.63) is 35.3 Å². The summed E-state index contributed by atoms with van der Waals surface area (Å²) in [7, 11) is 0. The van der Waals surface area contributed by atoms with Crippen molar-refractivity contribution in [2.24, 2.45) is 23.2 Å². The molecule has 7 heteroatoms. The summed E-state index contributed by atoms with van der Waals surface area (Å²) in [4.78, 5) is 26.1. The molecule has 7 nitrogen and oxygen atoms in total. The number of rotatable bonds is 4. The number of hydrogen-bond acceptors (Lipinski definition) is 4. The van der Waals surface area contributed by atoms with Crippen LogP contribution in [0.4, 0.5) is 0 Å². The molecule has 0 aromatic carbocycles. The van der Waals surface area contributed by atoms with Gasteiger partial charge in [-0.05, 0) is 87.7 Å². The third kappa shape index (κ3) is 3.60. The Balaban J connectivity index is 0.000000687. The smallest absolute Gasteiger partial charge is 0.290 e. The summed E-state index contributed by atoms with van der Waals surface area (Å²) in [5.41, 5.74) is 3.37. The lowest BCUT2D eigenvalue weighted by atomic mass is 9.47. The fraction of sp³-hybridized carbons (Fsp3) is 0.609. The predicted octanol–water partition coefficient (Wildman–Crippen LogP) is 2.96. The lowest BCUT2D eigenvalue weighted by Gasteiger charge is -2.59. The highest BCUT2D eigenvalue weighted by atomic mass is 16.3. The number of amides is 1. The van der Waals surface area contributed by atoms with E-state index >= 15 is 0 Å². The SMILES string of the molecule is Cc1cc(C)n2ccc(C(=O)NC(CO)C34CC5CC(CC(C5)C3)C4)c2n1.O=CO. The molecule has 1 unspecified atom stereocenters. The molecule has 2 aromatic heterocycles. The van der Waals surface area contributed by atoms with Crippen molar-refractivity contribution in [2.45, 2.75) is 58.4 Å². The number of carbonyl (C=O) groups is 2. The third-order valence-electron chi connectivity index (χ3n) is 7.50. The number of carboxylic acid groups (broad SMARTS) is 1. The van der Waals surface area contributed by atoms with E-state index in [-0.39, 0.29) is 30.4 Å². The molecule has 0 saturated heterocycles. The number of aliphatic hydroxyl groups is 1. The molecular weight excluding hydrogens is 382 g/mol. The molecule has 1 amide bonds. The van der Waals surface area contributed by atoms with Crippen molar-refractivity contribution in [1.29, 1.82) is 0 Å². The molecule has 4 aliphatic carbocycles. The second kappa shape index (κ2) is 8.02. The summed E-state index contributed by atoms with van der Waals surface area (Å²) in [6.45, 7) is 3.75. The van der Waals surface area contributed by atoms with E-state index in [9.17, 15) is 9.90 Å². The molecule has 4 fully saturated rings. The molecule has 30 heavy (non-hydrogen) atoms. The zero-order valence-corrected chi connectivity index (χ0v) is 17.7. The largest absolute Gasteiger partial charge is 0.483 e. The van der Waals surface area contributed by atoms with E-state index in [4.69, 9.17) is 9.90 Å². The van der Waals surface area contributed by atoms with Crippen LogP contribution in [-0.4, -0.2) is 44.6 Å². The van der Waals surface area contributed by atoms with Crippen LogP contribution in [0.3, 0.4) is 0 Å². The number of carbonyl (C=O) groups excluding carboxylic acids is 1. The van der Waals surface area contributed by atoms with Gasteiger partial charge in [-0.3, -0.25) is 9.59 Å². The van der Waals surface area contributed by atoms with E-state index in [1.807, 2.05) is 36.6 Å². The molecule has 1 atom stereocenters. The van der Waals surface area contributed by atoms with Crippen LogP contribution in [-0.2, 0) is 4.79 Å². The van der Waals surface area contributed by atoms with Crippen molar-refractivity contribution >= 4 is 18.0 Å². The molecule has 4 saturated carbocycles. The van der Waals surface area contributed by atoms with Crippen LogP contribution < -0.4 is 5.32 Å². The normalized spacial score (nSPS) is 29.9. The van der Waals surface area contributed by atoms with Crippen molar-refractivity contribution in [1.82, 2.24) is 14.7 Å². The van der Waals surface area contributed by atoms with E-state index < -0.39 is 0 Å². The van der Waals surface area contributed by atoms with E-state index in [1.165, 1.54) is 38.5 Å². The van der Waals surface area contributed by atoms with E-state index in [0.29, 0.717) is 11.2 Å². The average Bonchev–Trinajstić information content (AvgIpc) is 3.09. The minimum atomic E-state index is -0.250. The van der Waals surface area contributed by atoms with Crippen LogP contribution in [0, 0.1) is 37.0 Å². The Bertz CT molecular complexity index is 916. The maximum Gasteiger partial charge on any atom is 0.290 e. The Hall–Kier alpha value is -2.41. The molecule has 0 aliphatic heterocycles. The summed E-state index contributed by atoms with van der Waals surface area (Å²) >= 11 is 0. The summed E-state index contributed by atoms with van der Waals surface area (Å²) in [5, 5.41) is 20.3. The quantitative estimate of drug-likeness (QED) is 0.669. The average molecular weight is 414 g/mol. The molecule has 6 rings (SSSR count). The van der Waals surface area contributed by atoms with Crippen molar-refractivity contribution in [3.8, 4) is 0 Å². The van der Waals surface area contributed by atoms with E-state index in [2.05, 4.69) is 10.3 Å². The van der Waals surface area contributed by atoms with E-state index in [1.54, 1.807) is 0 Å². The van der Waals surface area contributed by atoms with Gasteiger partial charge in [-0.2, -0.15) is 0 Å². The highest BCUT2D eigenvalue weighted by Gasteiger charge is 2.54. The molecule has 4 bridgehead atoms. The molecule has 0 radical (unpaired) electrons. The maximum atomic E-state index is 13.1. The van der Waals surface area contributed by atoms with Gasteiger partial charge in [0.25, 0.3) is 12.4 Å². The van der Waals surface area contributed by atoms with Gasteiger partial charge in [0.2, 0.25) is 0 Å². The monoisotopic (exact) mass is 413 g/mol. The van der Waals surface area contributed by atoms with Crippen LogP contribution >= 0.6 is 0 Å². The van der Waals surface area contributed by atoms with Gasteiger partial charge in [0, 0.05) is 17.6 Å². The molecule has 4 aliphatic rings. The third-order valence-corrected chi connectivity index (χ3v) is 7.50. The predicted molar refractivity (Wildman–Crippen MR) is 112 cm³/mol. The minimum Gasteiger partial charge on any atom is -0.483 e. The topological polar surface area (TPSA) is 104 Å². The van der Waals surface area contributed by atoms with Gasteiger partial charge >= 0.3 is 0 Å². The zero-order chi connectivity index (χ0) is 21.5. The lowest BCUT2D eigenvalue weighted by Crippen LogP contribution is -2.58. The molecule has 2 heterocycles. The molecular formula is C23H31N3O4. The van der Waals surface area contributed by atoms with Gasteiger partial charge in [0.05, 0.1) is 18.2 Å². The molecule has 162 valence electrons. The highest BCUT2D eigenvalue weighted by Crippen LogP contribution is 2.61. The van der Waals surface area contributed by atoms with Gasteiger partial charge < -0.3 is 19.9 Å². The number of nitrogens with zero attached hydrogens (tertiary/aromatic N) is 2. The standard InChI is InChI=1S/C22H29N3O2.CH2O2/c1-13-5-14(2)25-4-3-18(20(25)23-13)21(27)24-19(12-26)22-9-15-6-16(10-22)8-17(7-15)11-22;2-1-3/h3-5,15-17,19,26H,6-12H2,1-2H3,(H,24,27);1H,(H,2,3). The van der Waals surface area contributed by atoms with Crippen molar-refractivity contribution in [2.75, 3.05) is 6.61 Å². The van der Waals surface area contributed by atoms with Gasteiger partial charge in [-0.15, -0.1) is 0 Å². The Morgan fingerprint density at radius 2 is 1.83 bits per heavy atom. The number of hydrogen-bond donors (Lipinski definition) is 3. The van der Waals surface area contributed by atoms with Crippen LogP contribution in [0.2, 0.25) is 0 Å². The fourth-order valence-corrected chi connectivity index (χ4v) is 6.80.